The quantitative estimate of drug-likeness (QED) is 0.273. The van der Waals surface area contributed by atoms with E-state index in [9.17, 15) is 0 Å². The number of hydrogen-bond acceptors (Lipinski definition) is 2. The smallest absolute Gasteiger partial charge is 0.0462 e. The number of nitrogens with zero attached hydrogens (tertiary/aromatic N) is 1. The van der Waals surface area contributed by atoms with E-state index in [1.54, 1.807) is 0 Å². The second kappa shape index (κ2) is 10.1. The summed E-state index contributed by atoms with van der Waals surface area (Å²) in [7, 11) is 1.94. The Labute approximate surface area is 202 Å². The molecule has 0 unspecified atom stereocenters. The van der Waals surface area contributed by atoms with Gasteiger partial charge in [0.25, 0.3) is 0 Å². The van der Waals surface area contributed by atoms with Gasteiger partial charge in [-0.15, -0.1) is 0 Å². The standard InChI is InChI=1S/C32H28N2/c1-33-29-18-14-27(15-19-29)28-16-22-32(23-17-28)34(30-10-6-3-7-11-30)31-20-12-26(13-21-31)24-25-8-4-2-5-9-25/h2-23,33H,24H2,1H3. The summed E-state index contributed by atoms with van der Waals surface area (Å²) in [6.07, 6.45) is 0.938. The van der Waals surface area contributed by atoms with Crippen LogP contribution in [0.25, 0.3) is 11.1 Å². The molecular formula is C32H28N2. The van der Waals surface area contributed by atoms with Gasteiger partial charge in [-0.3, -0.25) is 0 Å². The van der Waals surface area contributed by atoms with Crippen LogP contribution in [0, 0.1) is 0 Å². The molecular weight excluding hydrogens is 412 g/mol. The second-order valence-electron chi connectivity index (χ2n) is 8.37. The molecule has 0 fully saturated rings. The summed E-state index contributed by atoms with van der Waals surface area (Å²) in [4.78, 5) is 2.31. The van der Waals surface area contributed by atoms with Crippen molar-refractivity contribution in [2.24, 2.45) is 0 Å². The zero-order chi connectivity index (χ0) is 23.2. The first-order valence-corrected chi connectivity index (χ1v) is 11.7. The lowest BCUT2D eigenvalue weighted by Crippen LogP contribution is -2.09. The number of hydrogen-bond donors (Lipinski definition) is 1. The summed E-state index contributed by atoms with van der Waals surface area (Å²) in [5.74, 6) is 0. The molecule has 0 radical (unpaired) electrons. The molecule has 5 rings (SSSR count). The van der Waals surface area contributed by atoms with E-state index in [1.807, 2.05) is 7.05 Å². The Morgan fingerprint density at radius 3 is 1.47 bits per heavy atom. The van der Waals surface area contributed by atoms with Gasteiger partial charge < -0.3 is 10.2 Å². The molecule has 0 heterocycles. The first kappa shape index (κ1) is 21.5. The molecule has 0 aliphatic rings. The lowest BCUT2D eigenvalue weighted by Gasteiger charge is -2.26. The van der Waals surface area contributed by atoms with Crippen molar-refractivity contribution >= 4 is 22.7 Å². The molecule has 2 nitrogen and oxygen atoms in total. The molecule has 0 saturated carbocycles. The normalized spacial score (nSPS) is 10.6. The molecule has 0 aliphatic heterocycles. The summed E-state index contributed by atoms with van der Waals surface area (Å²) in [6, 6.07) is 47.4. The second-order valence-corrected chi connectivity index (χ2v) is 8.37. The number of anilines is 4. The van der Waals surface area contributed by atoms with Crippen LogP contribution in [-0.4, -0.2) is 7.05 Å². The number of nitrogens with one attached hydrogen (secondary N) is 1. The minimum absolute atomic E-state index is 0.938. The number of para-hydroxylation sites is 1. The predicted octanol–water partition coefficient (Wildman–Crippen LogP) is 8.46. The highest BCUT2D eigenvalue weighted by molar-refractivity contribution is 5.78. The molecule has 1 N–H and O–H groups in total. The maximum atomic E-state index is 3.18. The SMILES string of the molecule is CNc1ccc(-c2ccc(N(c3ccccc3)c3ccc(Cc4ccccc4)cc3)cc2)cc1. The fraction of sp³-hybridized carbons (Fsp3) is 0.0625. The fourth-order valence-corrected chi connectivity index (χ4v) is 4.25. The molecule has 0 saturated heterocycles. The third kappa shape index (κ3) is 4.87. The Morgan fingerprint density at radius 1 is 0.471 bits per heavy atom. The van der Waals surface area contributed by atoms with E-state index >= 15 is 0 Å². The van der Waals surface area contributed by atoms with Crippen molar-refractivity contribution in [3.05, 3.63) is 145 Å². The molecule has 0 amide bonds. The van der Waals surface area contributed by atoms with E-state index in [1.165, 1.54) is 22.3 Å². The molecule has 5 aromatic rings. The first-order chi connectivity index (χ1) is 16.8. The molecule has 34 heavy (non-hydrogen) atoms. The van der Waals surface area contributed by atoms with Crippen molar-refractivity contribution < 1.29 is 0 Å². The third-order valence-corrected chi connectivity index (χ3v) is 6.09. The van der Waals surface area contributed by atoms with Crippen molar-refractivity contribution in [2.75, 3.05) is 17.3 Å². The van der Waals surface area contributed by atoms with Crippen LogP contribution in [0.5, 0.6) is 0 Å². The highest BCUT2D eigenvalue weighted by Gasteiger charge is 2.12. The molecule has 0 aliphatic carbocycles. The van der Waals surface area contributed by atoms with E-state index in [4.69, 9.17) is 0 Å². The van der Waals surface area contributed by atoms with Crippen LogP contribution in [0.1, 0.15) is 11.1 Å². The Bertz CT molecular complexity index is 1310. The van der Waals surface area contributed by atoms with Crippen molar-refractivity contribution in [2.45, 2.75) is 6.42 Å². The van der Waals surface area contributed by atoms with Gasteiger partial charge in [0.2, 0.25) is 0 Å². The zero-order valence-corrected chi connectivity index (χ0v) is 19.4. The van der Waals surface area contributed by atoms with Gasteiger partial charge in [-0.2, -0.15) is 0 Å². The Hall–Kier alpha value is -4.30. The van der Waals surface area contributed by atoms with Gasteiger partial charge >= 0.3 is 0 Å². The van der Waals surface area contributed by atoms with Crippen molar-refractivity contribution in [3.8, 4) is 11.1 Å². The fourth-order valence-electron chi connectivity index (χ4n) is 4.25. The van der Waals surface area contributed by atoms with E-state index in [-0.39, 0.29) is 0 Å². The van der Waals surface area contributed by atoms with Crippen LogP contribution >= 0.6 is 0 Å². The van der Waals surface area contributed by atoms with Crippen LogP contribution in [0.4, 0.5) is 22.7 Å². The van der Waals surface area contributed by atoms with Gasteiger partial charge in [-0.25, -0.2) is 0 Å². The highest BCUT2D eigenvalue weighted by atomic mass is 15.1. The average molecular weight is 441 g/mol. The topological polar surface area (TPSA) is 15.3 Å². The van der Waals surface area contributed by atoms with Gasteiger partial charge in [-0.05, 0) is 77.2 Å². The first-order valence-electron chi connectivity index (χ1n) is 11.7. The van der Waals surface area contributed by atoms with Gasteiger partial charge in [0.1, 0.15) is 0 Å². The number of rotatable bonds is 7. The molecule has 2 heteroatoms. The predicted molar refractivity (Wildman–Crippen MR) is 145 cm³/mol. The van der Waals surface area contributed by atoms with Crippen LogP contribution in [0.15, 0.2) is 133 Å². The molecule has 166 valence electrons. The molecule has 0 atom stereocenters. The van der Waals surface area contributed by atoms with Gasteiger partial charge in [-0.1, -0.05) is 84.9 Å². The minimum atomic E-state index is 0.938. The monoisotopic (exact) mass is 440 g/mol. The molecule has 5 aromatic carbocycles. The van der Waals surface area contributed by atoms with E-state index in [0.717, 1.165) is 29.2 Å². The zero-order valence-electron chi connectivity index (χ0n) is 19.4. The number of benzene rings is 5. The summed E-state index contributed by atoms with van der Waals surface area (Å²) in [5, 5.41) is 3.18. The summed E-state index contributed by atoms with van der Waals surface area (Å²) in [5.41, 5.74) is 9.60. The highest BCUT2D eigenvalue weighted by Crippen LogP contribution is 2.35. The largest absolute Gasteiger partial charge is 0.388 e. The lowest BCUT2D eigenvalue weighted by atomic mass is 10.0. The van der Waals surface area contributed by atoms with Gasteiger partial charge in [0.05, 0.1) is 0 Å². The Morgan fingerprint density at radius 2 is 0.912 bits per heavy atom. The molecule has 0 aromatic heterocycles. The van der Waals surface area contributed by atoms with Crippen LogP contribution in [-0.2, 0) is 6.42 Å². The van der Waals surface area contributed by atoms with Crippen molar-refractivity contribution in [3.63, 3.8) is 0 Å². The summed E-state index contributed by atoms with van der Waals surface area (Å²) in [6.45, 7) is 0. The summed E-state index contributed by atoms with van der Waals surface area (Å²) >= 11 is 0. The molecule has 0 spiro atoms. The van der Waals surface area contributed by atoms with Gasteiger partial charge in [0.15, 0.2) is 0 Å². The Balaban J connectivity index is 1.44. The third-order valence-electron chi connectivity index (χ3n) is 6.09. The maximum absolute atomic E-state index is 3.18. The maximum Gasteiger partial charge on any atom is 0.0462 e. The van der Waals surface area contributed by atoms with E-state index in [2.05, 4.69) is 144 Å². The van der Waals surface area contributed by atoms with E-state index in [0.29, 0.717) is 0 Å². The molecule has 0 bridgehead atoms. The van der Waals surface area contributed by atoms with Crippen molar-refractivity contribution in [1.82, 2.24) is 0 Å². The Kier molecular flexibility index (Phi) is 6.40. The van der Waals surface area contributed by atoms with Crippen LogP contribution in [0.2, 0.25) is 0 Å². The van der Waals surface area contributed by atoms with Gasteiger partial charge in [0, 0.05) is 29.8 Å². The van der Waals surface area contributed by atoms with Crippen LogP contribution < -0.4 is 10.2 Å². The summed E-state index contributed by atoms with van der Waals surface area (Å²) < 4.78 is 0. The van der Waals surface area contributed by atoms with Crippen LogP contribution in [0.3, 0.4) is 0 Å². The minimum Gasteiger partial charge on any atom is -0.388 e. The average Bonchev–Trinajstić information content (AvgIpc) is 2.92. The van der Waals surface area contributed by atoms with E-state index < -0.39 is 0 Å². The van der Waals surface area contributed by atoms with Crippen molar-refractivity contribution in [1.29, 1.82) is 0 Å². The lowest BCUT2D eigenvalue weighted by molar-refractivity contribution is 1.18.